The van der Waals surface area contributed by atoms with Crippen molar-refractivity contribution in [1.82, 2.24) is 0 Å². The summed E-state index contributed by atoms with van der Waals surface area (Å²) in [6, 6.07) is 21.3. The average Bonchev–Trinajstić information content (AvgIpc) is 2.68. The van der Waals surface area contributed by atoms with Crippen LogP contribution < -0.4 is 5.32 Å². The molecule has 0 aliphatic rings. The van der Waals surface area contributed by atoms with Gasteiger partial charge in [-0.2, -0.15) is 0 Å². The van der Waals surface area contributed by atoms with Crippen LogP contribution in [0.4, 0.5) is 11.4 Å². The fourth-order valence-corrected chi connectivity index (χ4v) is 3.65. The highest BCUT2D eigenvalue weighted by molar-refractivity contribution is 7.98. The van der Waals surface area contributed by atoms with Crippen LogP contribution in [0.25, 0.3) is 0 Å². The molecule has 0 atom stereocenters. The van der Waals surface area contributed by atoms with Gasteiger partial charge < -0.3 is 5.32 Å². The SMILES string of the molecule is O=C(Nc1ccccc1SCc1ccccc1)c1ccc([N+](=O)[O-])cc1Cl. The van der Waals surface area contributed by atoms with E-state index in [0.29, 0.717) is 5.69 Å². The van der Waals surface area contributed by atoms with Gasteiger partial charge in [0, 0.05) is 22.8 Å². The molecule has 0 bridgehead atoms. The van der Waals surface area contributed by atoms with Crippen molar-refractivity contribution in [2.45, 2.75) is 10.6 Å². The maximum Gasteiger partial charge on any atom is 0.270 e. The molecular weight excluding hydrogens is 384 g/mol. The first-order valence-electron chi connectivity index (χ1n) is 8.05. The molecule has 3 rings (SSSR count). The van der Waals surface area contributed by atoms with Gasteiger partial charge >= 0.3 is 0 Å². The van der Waals surface area contributed by atoms with Crippen molar-refractivity contribution in [1.29, 1.82) is 0 Å². The molecule has 27 heavy (non-hydrogen) atoms. The van der Waals surface area contributed by atoms with Crippen LogP contribution in [0.3, 0.4) is 0 Å². The van der Waals surface area contributed by atoms with Gasteiger partial charge in [-0.25, -0.2) is 0 Å². The second-order valence-electron chi connectivity index (χ2n) is 5.65. The van der Waals surface area contributed by atoms with E-state index in [2.05, 4.69) is 5.32 Å². The molecule has 0 fully saturated rings. The smallest absolute Gasteiger partial charge is 0.270 e. The standard InChI is InChI=1S/C20H15ClN2O3S/c21-17-12-15(23(25)26)10-11-16(17)20(24)22-18-8-4-5-9-19(18)27-13-14-6-2-1-3-7-14/h1-12H,13H2,(H,22,24). The minimum absolute atomic E-state index is 0.0381. The Balaban J connectivity index is 1.75. The minimum Gasteiger partial charge on any atom is -0.321 e. The average molecular weight is 399 g/mol. The van der Waals surface area contributed by atoms with Crippen molar-refractivity contribution in [3.8, 4) is 0 Å². The molecule has 7 heteroatoms. The van der Waals surface area contributed by atoms with Crippen LogP contribution in [-0.4, -0.2) is 10.8 Å². The fourth-order valence-electron chi connectivity index (χ4n) is 2.42. The predicted molar refractivity (Wildman–Crippen MR) is 109 cm³/mol. The van der Waals surface area contributed by atoms with Crippen molar-refractivity contribution in [2.75, 3.05) is 5.32 Å². The molecule has 0 radical (unpaired) electrons. The molecule has 0 unspecified atom stereocenters. The molecule has 0 aromatic heterocycles. The number of amides is 1. The second kappa shape index (κ2) is 8.70. The molecule has 5 nitrogen and oxygen atoms in total. The Bertz CT molecular complexity index is 980. The summed E-state index contributed by atoms with van der Waals surface area (Å²) >= 11 is 7.66. The third-order valence-electron chi connectivity index (χ3n) is 3.78. The van der Waals surface area contributed by atoms with Crippen LogP contribution in [0.5, 0.6) is 0 Å². The minimum atomic E-state index is -0.552. The summed E-state index contributed by atoms with van der Waals surface area (Å²) in [6.45, 7) is 0. The number of halogens is 1. The Morgan fingerprint density at radius 3 is 2.44 bits per heavy atom. The van der Waals surface area contributed by atoms with Crippen molar-refractivity contribution < 1.29 is 9.72 Å². The summed E-state index contributed by atoms with van der Waals surface area (Å²) < 4.78 is 0. The van der Waals surface area contributed by atoms with Gasteiger partial charge in [0.15, 0.2) is 0 Å². The van der Waals surface area contributed by atoms with Gasteiger partial charge in [-0.05, 0) is 23.8 Å². The van der Waals surface area contributed by atoms with Gasteiger partial charge in [-0.3, -0.25) is 14.9 Å². The Hall–Kier alpha value is -2.83. The summed E-state index contributed by atoms with van der Waals surface area (Å²) in [7, 11) is 0. The summed E-state index contributed by atoms with van der Waals surface area (Å²) in [5, 5.41) is 13.7. The molecule has 0 spiro atoms. The number of nitro groups is 1. The molecule has 0 heterocycles. The number of nitrogens with zero attached hydrogens (tertiary/aromatic N) is 1. The third-order valence-corrected chi connectivity index (χ3v) is 5.24. The fraction of sp³-hybridized carbons (Fsp3) is 0.0500. The Morgan fingerprint density at radius 1 is 1.04 bits per heavy atom. The number of hydrogen-bond acceptors (Lipinski definition) is 4. The van der Waals surface area contributed by atoms with E-state index in [9.17, 15) is 14.9 Å². The lowest BCUT2D eigenvalue weighted by atomic mass is 10.2. The van der Waals surface area contributed by atoms with E-state index in [1.807, 2.05) is 54.6 Å². The van der Waals surface area contributed by atoms with E-state index in [1.165, 1.54) is 23.8 Å². The summed E-state index contributed by atoms with van der Waals surface area (Å²) in [4.78, 5) is 23.7. The maximum absolute atomic E-state index is 12.6. The lowest BCUT2D eigenvalue weighted by molar-refractivity contribution is -0.384. The van der Waals surface area contributed by atoms with Gasteiger partial charge in [0.1, 0.15) is 0 Å². The van der Waals surface area contributed by atoms with E-state index in [4.69, 9.17) is 11.6 Å². The first-order chi connectivity index (χ1) is 13.0. The molecule has 0 aliphatic carbocycles. The lowest BCUT2D eigenvalue weighted by Gasteiger charge is -2.11. The zero-order valence-electron chi connectivity index (χ0n) is 14.1. The molecule has 3 aromatic rings. The van der Waals surface area contributed by atoms with E-state index >= 15 is 0 Å². The number of hydrogen-bond donors (Lipinski definition) is 1. The number of nitrogens with one attached hydrogen (secondary N) is 1. The lowest BCUT2D eigenvalue weighted by Crippen LogP contribution is -2.13. The monoisotopic (exact) mass is 398 g/mol. The number of carbonyl (C=O) groups excluding carboxylic acids is 1. The zero-order valence-corrected chi connectivity index (χ0v) is 15.7. The van der Waals surface area contributed by atoms with E-state index in [-0.39, 0.29) is 16.3 Å². The maximum atomic E-state index is 12.6. The van der Waals surface area contributed by atoms with E-state index < -0.39 is 10.8 Å². The predicted octanol–water partition coefficient (Wildman–Crippen LogP) is 5.79. The topological polar surface area (TPSA) is 72.2 Å². The van der Waals surface area contributed by atoms with Crippen LogP contribution in [0.2, 0.25) is 5.02 Å². The summed E-state index contributed by atoms with van der Waals surface area (Å²) in [5.41, 5.74) is 1.88. The highest BCUT2D eigenvalue weighted by Crippen LogP contribution is 2.31. The number of anilines is 1. The summed E-state index contributed by atoms with van der Waals surface area (Å²) in [6.07, 6.45) is 0. The Labute approximate surface area is 165 Å². The highest BCUT2D eigenvalue weighted by atomic mass is 35.5. The number of para-hydroxylation sites is 1. The quantitative estimate of drug-likeness (QED) is 0.324. The largest absolute Gasteiger partial charge is 0.321 e. The van der Waals surface area contributed by atoms with E-state index in [0.717, 1.165) is 10.6 Å². The van der Waals surface area contributed by atoms with Crippen molar-refractivity contribution in [3.63, 3.8) is 0 Å². The molecular formula is C20H15ClN2O3S. The molecule has 0 saturated carbocycles. The molecule has 0 saturated heterocycles. The summed E-state index contributed by atoms with van der Waals surface area (Å²) in [5.74, 6) is 0.356. The normalized spacial score (nSPS) is 10.4. The van der Waals surface area contributed by atoms with E-state index in [1.54, 1.807) is 11.8 Å². The van der Waals surface area contributed by atoms with Gasteiger partial charge in [-0.15, -0.1) is 11.8 Å². The van der Waals surface area contributed by atoms with Gasteiger partial charge in [0.05, 0.1) is 21.2 Å². The van der Waals surface area contributed by atoms with Crippen molar-refractivity contribution in [3.05, 3.63) is 99.1 Å². The Morgan fingerprint density at radius 2 is 1.74 bits per heavy atom. The molecule has 3 aromatic carbocycles. The first-order valence-corrected chi connectivity index (χ1v) is 9.42. The number of carbonyl (C=O) groups is 1. The highest BCUT2D eigenvalue weighted by Gasteiger charge is 2.16. The number of thioether (sulfide) groups is 1. The third kappa shape index (κ3) is 4.87. The van der Waals surface area contributed by atoms with Crippen LogP contribution in [0.15, 0.2) is 77.7 Å². The zero-order chi connectivity index (χ0) is 19.2. The van der Waals surface area contributed by atoms with Crippen molar-refractivity contribution >= 4 is 40.6 Å². The number of benzene rings is 3. The van der Waals surface area contributed by atoms with Crippen LogP contribution in [0.1, 0.15) is 15.9 Å². The molecule has 1 N–H and O–H groups in total. The second-order valence-corrected chi connectivity index (χ2v) is 7.07. The molecule has 1 amide bonds. The van der Waals surface area contributed by atoms with Gasteiger partial charge in [-0.1, -0.05) is 54.1 Å². The van der Waals surface area contributed by atoms with Gasteiger partial charge in [0.2, 0.25) is 0 Å². The van der Waals surface area contributed by atoms with Crippen molar-refractivity contribution in [2.24, 2.45) is 0 Å². The Kier molecular flexibility index (Phi) is 6.11. The van der Waals surface area contributed by atoms with Crippen LogP contribution >= 0.6 is 23.4 Å². The number of rotatable bonds is 6. The van der Waals surface area contributed by atoms with Crippen LogP contribution in [0, 0.1) is 10.1 Å². The van der Waals surface area contributed by atoms with Gasteiger partial charge in [0.25, 0.3) is 11.6 Å². The number of non-ortho nitro benzene ring substituents is 1. The van der Waals surface area contributed by atoms with Crippen LogP contribution in [-0.2, 0) is 5.75 Å². The molecule has 136 valence electrons. The number of nitro benzene ring substituents is 1. The molecule has 0 aliphatic heterocycles. The first kappa shape index (κ1) is 18.9.